The third-order valence-corrected chi connectivity index (χ3v) is 5.61. The molecule has 0 amide bonds. The summed E-state index contributed by atoms with van der Waals surface area (Å²) in [6.07, 6.45) is 0.881. The van der Waals surface area contributed by atoms with Crippen molar-refractivity contribution in [2.24, 2.45) is 15.5 Å². The summed E-state index contributed by atoms with van der Waals surface area (Å²) in [6, 6.07) is 11.4. The number of carbonyl (C=O) groups is 1. The molecule has 1 aromatic carbocycles. The molecule has 176 valence electrons. The molecule has 2 aromatic heterocycles. The number of fused-ring (bicyclic) bond motifs is 1. The molecular weight excluding hydrogens is 430 g/mol. The van der Waals surface area contributed by atoms with Crippen molar-refractivity contribution in [3.8, 4) is 17.1 Å². The number of rotatable bonds is 7. The van der Waals surface area contributed by atoms with Crippen LogP contribution in [0.1, 0.15) is 39.2 Å². The highest BCUT2D eigenvalue weighted by Gasteiger charge is 2.35. The lowest BCUT2D eigenvalue weighted by Gasteiger charge is -2.20. The Labute approximate surface area is 199 Å². The molecule has 4 rings (SSSR count). The molecule has 1 aliphatic rings. The van der Waals surface area contributed by atoms with Crippen LogP contribution in [-0.2, 0) is 4.79 Å². The quantitative estimate of drug-likeness (QED) is 0.494. The molecule has 0 atom stereocenters. The Morgan fingerprint density at radius 3 is 2.38 bits per heavy atom. The minimum Gasteiger partial charge on any atom is -0.497 e. The minimum absolute atomic E-state index is 0.263. The number of pyridine rings is 1. The van der Waals surface area contributed by atoms with Crippen molar-refractivity contribution < 1.29 is 9.53 Å². The van der Waals surface area contributed by atoms with Gasteiger partial charge < -0.3 is 14.4 Å². The van der Waals surface area contributed by atoms with E-state index in [1.54, 1.807) is 11.8 Å². The molecule has 3 heterocycles. The Hall–Kier alpha value is -3.88. The Balaban J connectivity index is 1.78. The Morgan fingerprint density at radius 1 is 1.09 bits per heavy atom. The number of likely N-dealkylation sites (N-methyl/N-ethyl adjacent to an activating group) is 1. The maximum absolute atomic E-state index is 11.0. The van der Waals surface area contributed by atoms with Crippen LogP contribution in [0.3, 0.4) is 0 Å². The maximum Gasteiger partial charge on any atom is 0.205 e. The second kappa shape index (κ2) is 9.17. The third-order valence-electron chi connectivity index (χ3n) is 5.61. The largest absolute Gasteiger partial charge is 0.497 e. The predicted octanol–water partition coefficient (Wildman–Crippen LogP) is 4.07. The normalized spacial score (nSPS) is 14.2. The van der Waals surface area contributed by atoms with Crippen LogP contribution in [-0.4, -0.2) is 57.8 Å². The van der Waals surface area contributed by atoms with E-state index in [0.717, 1.165) is 40.5 Å². The highest BCUT2D eigenvalue weighted by molar-refractivity contribution is 6.50. The van der Waals surface area contributed by atoms with Gasteiger partial charge in [-0.1, -0.05) is 20.8 Å². The molecule has 0 saturated heterocycles. The van der Waals surface area contributed by atoms with E-state index < -0.39 is 0 Å². The van der Waals surface area contributed by atoms with Crippen LogP contribution in [0.4, 0.5) is 11.5 Å². The number of aryl methyl sites for hydroxylation is 1. The number of benzene rings is 1. The number of aldehydes is 1. The number of aliphatic imine (C=N–C) groups is 1. The first-order valence-corrected chi connectivity index (χ1v) is 11.2. The van der Waals surface area contributed by atoms with Crippen LogP contribution in [0.15, 0.2) is 46.5 Å². The number of hydrogen-bond donors (Lipinski definition) is 0. The van der Waals surface area contributed by atoms with Gasteiger partial charge in [0.2, 0.25) is 5.82 Å². The molecule has 0 aliphatic carbocycles. The summed E-state index contributed by atoms with van der Waals surface area (Å²) in [5.41, 5.74) is 3.61. The van der Waals surface area contributed by atoms with Gasteiger partial charge in [-0.05, 0) is 50.2 Å². The molecule has 0 bridgehead atoms. The van der Waals surface area contributed by atoms with Gasteiger partial charge in [-0.2, -0.15) is 9.78 Å². The van der Waals surface area contributed by atoms with Gasteiger partial charge in [0.15, 0.2) is 5.82 Å². The van der Waals surface area contributed by atoms with Crippen LogP contribution >= 0.6 is 0 Å². The molecule has 0 spiro atoms. The van der Waals surface area contributed by atoms with Crippen LogP contribution in [0, 0.1) is 12.3 Å². The van der Waals surface area contributed by atoms with Crippen molar-refractivity contribution >= 4 is 29.2 Å². The maximum atomic E-state index is 11.0. The smallest absolute Gasteiger partial charge is 0.205 e. The van der Waals surface area contributed by atoms with Crippen molar-refractivity contribution in [2.45, 2.75) is 34.6 Å². The van der Waals surface area contributed by atoms with Gasteiger partial charge in [0.25, 0.3) is 0 Å². The summed E-state index contributed by atoms with van der Waals surface area (Å²) in [6.45, 7) is 11.2. The summed E-state index contributed by atoms with van der Waals surface area (Å²) >= 11 is 0. The third kappa shape index (κ3) is 4.33. The summed E-state index contributed by atoms with van der Waals surface area (Å²) in [5.74, 6) is 2.75. The zero-order valence-electron chi connectivity index (χ0n) is 20.4. The van der Waals surface area contributed by atoms with Crippen LogP contribution < -0.4 is 9.64 Å². The molecule has 34 heavy (non-hydrogen) atoms. The zero-order valence-corrected chi connectivity index (χ0v) is 20.4. The second-order valence-corrected chi connectivity index (χ2v) is 9.03. The molecule has 1 aliphatic heterocycles. The molecule has 0 saturated carbocycles. The van der Waals surface area contributed by atoms with Crippen molar-refractivity contribution in [1.29, 1.82) is 0 Å². The zero-order chi connectivity index (χ0) is 24.5. The SMILES string of the molecule is CCN(CC=O)c1ccc(N=C2C(C(C)(C)C)=Nn3c2nnc3-c2ccc(OC)cc2)c(C)n1. The van der Waals surface area contributed by atoms with Gasteiger partial charge >= 0.3 is 0 Å². The molecule has 3 aromatic rings. The van der Waals surface area contributed by atoms with Gasteiger partial charge in [-0.25, -0.2) is 9.98 Å². The fourth-order valence-electron chi connectivity index (χ4n) is 3.73. The lowest BCUT2D eigenvalue weighted by Crippen LogP contribution is -2.27. The Morgan fingerprint density at radius 2 is 1.79 bits per heavy atom. The fourth-order valence-corrected chi connectivity index (χ4v) is 3.73. The first-order valence-electron chi connectivity index (χ1n) is 11.2. The highest BCUT2D eigenvalue weighted by Crippen LogP contribution is 2.31. The molecule has 9 heteroatoms. The number of methoxy groups -OCH3 is 1. The molecular formula is C25H29N7O2. The van der Waals surface area contributed by atoms with Gasteiger partial charge in [0.05, 0.1) is 30.7 Å². The van der Waals surface area contributed by atoms with Gasteiger partial charge in [0, 0.05) is 17.5 Å². The van der Waals surface area contributed by atoms with Crippen molar-refractivity contribution in [1.82, 2.24) is 19.9 Å². The number of aromatic nitrogens is 4. The molecule has 0 unspecified atom stereocenters. The first kappa shape index (κ1) is 23.3. The van der Waals surface area contributed by atoms with Crippen LogP contribution in [0.5, 0.6) is 5.75 Å². The van der Waals surface area contributed by atoms with E-state index in [1.165, 1.54) is 0 Å². The predicted molar refractivity (Wildman–Crippen MR) is 133 cm³/mol. The second-order valence-electron chi connectivity index (χ2n) is 9.03. The van der Waals surface area contributed by atoms with E-state index in [9.17, 15) is 4.79 Å². The molecule has 9 nitrogen and oxygen atoms in total. The van der Waals surface area contributed by atoms with Crippen molar-refractivity contribution in [3.63, 3.8) is 0 Å². The van der Waals surface area contributed by atoms with Gasteiger partial charge in [0.1, 0.15) is 23.6 Å². The van der Waals surface area contributed by atoms with E-state index in [1.807, 2.05) is 55.1 Å². The number of carbonyl (C=O) groups excluding carboxylic acids is 1. The van der Waals surface area contributed by atoms with Crippen molar-refractivity contribution in [3.05, 3.63) is 47.9 Å². The lowest BCUT2D eigenvalue weighted by atomic mass is 9.87. The highest BCUT2D eigenvalue weighted by atomic mass is 16.5. The van der Waals surface area contributed by atoms with E-state index in [-0.39, 0.29) is 5.41 Å². The first-order chi connectivity index (χ1) is 16.3. The van der Waals surface area contributed by atoms with Crippen LogP contribution in [0.2, 0.25) is 0 Å². The summed E-state index contributed by atoms with van der Waals surface area (Å²) in [7, 11) is 1.64. The number of anilines is 1. The summed E-state index contributed by atoms with van der Waals surface area (Å²) in [4.78, 5) is 22.5. The number of nitrogens with zero attached hydrogens (tertiary/aromatic N) is 7. The topological polar surface area (TPSA) is 97.9 Å². The lowest BCUT2D eigenvalue weighted by molar-refractivity contribution is -0.106. The molecule has 0 N–H and O–H groups in total. The number of hydrogen-bond acceptors (Lipinski definition) is 8. The van der Waals surface area contributed by atoms with Gasteiger partial charge in [-0.15, -0.1) is 10.2 Å². The van der Waals surface area contributed by atoms with E-state index in [0.29, 0.717) is 30.5 Å². The minimum atomic E-state index is -0.263. The number of ether oxygens (including phenoxy) is 1. The monoisotopic (exact) mass is 459 g/mol. The summed E-state index contributed by atoms with van der Waals surface area (Å²) < 4.78 is 7.01. The van der Waals surface area contributed by atoms with Crippen LogP contribution in [0.25, 0.3) is 11.4 Å². The average Bonchev–Trinajstić information content (AvgIpc) is 3.39. The van der Waals surface area contributed by atoms with E-state index in [4.69, 9.17) is 14.8 Å². The average molecular weight is 460 g/mol. The Kier molecular flexibility index (Phi) is 6.28. The standard InChI is InChI=1S/C25H29N7O2/c1-7-31(14-15-33)20-13-12-19(16(2)26-20)27-21-22(25(3,4)5)30-32-23(28-29-24(21)32)17-8-10-18(34-6)11-9-17/h8-13,15H,7,14H2,1-6H3. The summed E-state index contributed by atoms with van der Waals surface area (Å²) in [5, 5.41) is 13.7. The fraction of sp³-hybridized carbons (Fsp3) is 0.360. The Bertz CT molecular complexity index is 1270. The molecule has 0 radical (unpaired) electrons. The van der Waals surface area contributed by atoms with Gasteiger partial charge in [-0.3, -0.25) is 0 Å². The van der Waals surface area contributed by atoms with E-state index in [2.05, 4.69) is 36.0 Å². The van der Waals surface area contributed by atoms with E-state index >= 15 is 0 Å². The molecule has 0 fully saturated rings. The van der Waals surface area contributed by atoms with Crippen molar-refractivity contribution in [2.75, 3.05) is 25.1 Å².